The standard InChI is InChI=1S/C12H14Cl2O.C8H6Cl2O.C8H7ClO2.C3H8ClN.Cl2OS/c1-9(13)2-7-12(15)8-10-3-5-11(14)6-4-10;2*9-7-3-1-6(2-4-7)5-8(10)11;1-3(4)2-5;1-4(2)3/h3-6,9H,2,7-8H2,1H3;1-4H,5H2;1-4H,5H2,(H,10,11);3H,2,5H2,1H3;. The maximum atomic E-state index is 11.5. The normalized spacial score (nSPS) is 11.0. The number of carboxylic acids is 1. The zero-order chi connectivity index (χ0) is 35.7. The van der Waals surface area contributed by atoms with Gasteiger partial charge in [0.05, 0.1) is 6.42 Å². The molecule has 15 heteroatoms. The summed E-state index contributed by atoms with van der Waals surface area (Å²) < 4.78 is 9.09. The molecule has 2 atom stereocenters. The predicted octanol–water partition coefficient (Wildman–Crippen LogP) is 10.1. The van der Waals surface area contributed by atoms with E-state index in [4.69, 9.17) is 84.7 Å². The molecule has 6 nitrogen and oxygen atoms in total. The Labute approximate surface area is 312 Å². The van der Waals surface area contributed by atoms with Gasteiger partial charge in [0.15, 0.2) is 0 Å². The van der Waals surface area contributed by atoms with Crippen molar-refractivity contribution in [2.45, 2.75) is 56.7 Å². The second-order valence-corrected chi connectivity index (χ2v) is 15.0. The summed E-state index contributed by atoms with van der Waals surface area (Å²) >= 11 is 33.3. The van der Waals surface area contributed by atoms with Crippen LogP contribution < -0.4 is 5.73 Å². The van der Waals surface area contributed by atoms with Gasteiger partial charge in [0.25, 0.3) is 0 Å². The number of carbonyl (C=O) groups excluding carboxylic acids is 2. The van der Waals surface area contributed by atoms with Gasteiger partial charge in [-0.1, -0.05) is 71.2 Å². The van der Waals surface area contributed by atoms with Crippen molar-refractivity contribution in [1.29, 1.82) is 0 Å². The Morgan fingerprint density at radius 1 is 0.696 bits per heavy atom. The Morgan fingerprint density at radius 2 is 1.00 bits per heavy atom. The molecule has 0 spiro atoms. The Bertz CT molecular complexity index is 1230. The van der Waals surface area contributed by atoms with Gasteiger partial charge in [-0.15, -0.1) is 23.2 Å². The van der Waals surface area contributed by atoms with E-state index in [1.54, 1.807) is 60.7 Å². The highest BCUT2D eigenvalue weighted by Gasteiger charge is 2.06. The van der Waals surface area contributed by atoms with E-state index in [-0.39, 0.29) is 34.6 Å². The number of hydrogen-bond donors (Lipinski definition) is 2. The molecule has 0 aliphatic heterocycles. The van der Waals surface area contributed by atoms with Gasteiger partial charge in [-0.05, 0) is 85.0 Å². The van der Waals surface area contributed by atoms with Gasteiger partial charge >= 0.3 is 5.97 Å². The van der Waals surface area contributed by atoms with Crippen LogP contribution in [0.25, 0.3) is 0 Å². The first-order valence-corrected chi connectivity index (χ1v) is 18.5. The molecule has 0 amide bonds. The number of rotatable bonds is 10. The Morgan fingerprint density at radius 3 is 1.26 bits per heavy atom. The minimum Gasteiger partial charge on any atom is -0.481 e. The van der Waals surface area contributed by atoms with Gasteiger partial charge in [0, 0.05) is 73.0 Å². The summed E-state index contributed by atoms with van der Waals surface area (Å²) in [5, 5.41) is 10.2. The number of halogens is 8. The molecular weight excluding hydrogens is 782 g/mol. The van der Waals surface area contributed by atoms with E-state index >= 15 is 0 Å². The maximum Gasteiger partial charge on any atom is 0.307 e. The van der Waals surface area contributed by atoms with E-state index in [1.807, 2.05) is 26.0 Å². The van der Waals surface area contributed by atoms with Crippen LogP contribution in [0.1, 0.15) is 43.4 Å². The van der Waals surface area contributed by atoms with Gasteiger partial charge in [-0.2, -0.15) is 0 Å². The summed E-state index contributed by atoms with van der Waals surface area (Å²) in [6.45, 7) is 4.33. The molecule has 2 unspecified atom stereocenters. The lowest BCUT2D eigenvalue weighted by Crippen LogP contribution is -2.08. The van der Waals surface area contributed by atoms with Crippen LogP contribution in [0.5, 0.6) is 0 Å². The van der Waals surface area contributed by atoms with Crippen LogP contribution in [0, 0.1) is 0 Å². The highest BCUT2D eigenvalue weighted by atomic mass is 36.0. The van der Waals surface area contributed by atoms with Crippen LogP contribution in [0.2, 0.25) is 15.1 Å². The molecule has 3 aromatic carbocycles. The molecular formula is C31H35Cl8NO5S. The van der Waals surface area contributed by atoms with Gasteiger partial charge in [-0.25, -0.2) is 4.21 Å². The summed E-state index contributed by atoms with van der Waals surface area (Å²) in [4.78, 5) is 32.2. The van der Waals surface area contributed by atoms with E-state index in [1.165, 1.54) is 0 Å². The molecule has 3 rings (SSSR count). The molecule has 3 aromatic rings. The number of carboxylic acid groups (broad SMARTS) is 1. The fourth-order valence-electron chi connectivity index (χ4n) is 2.82. The molecule has 3 N–H and O–H groups in total. The van der Waals surface area contributed by atoms with Crippen molar-refractivity contribution in [3.05, 3.63) is 105 Å². The van der Waals surface area contributed by atoms with Crippen LogP contribution >= 0.6 is 91.0 Å². The molecule has 0 saturated carbocycles. The molecule has 0 aliphatic rings. The molecule has 46 heavy (non-hydrogen) atoms. The lowest BCUT2D eigenvalue weighted by Gasteiger charge is -2.03. The van der Waals surface area contributed by atoms with Gasteiger partial charge < -0.3 is 10.8 Å². The monoisotopic (exact) mass is 813 g/mol. The van der Waals surface area contributed by atoms with Gasteiger partial charge in [0.2, 0.25) is 14.5 Å². The Kier molecular flexibility index (Phi) is 29.5. The molecule has 0 radical (unpaired) electrons. The molecule has 0 bridgehead atoms. The number of Topliss-reactive ketones (excluding diaryl/α,β-unsaturated/α-hetero) is 1. The van der Waals surface area contributed by atoms with Crippen molar-refractivity contribution < 1.29 is 23.7 Å². The number of carbonyl (C=O) groups is 3. The zero-order valence-corrected chi connectivity index (χ0v) is 31.8. The molecule has 0 heterocycles. The number of benzene rings is 3. The first-order valence-electron chi connectivity index (χ1n) is 13.3. The SMILES string of the molecule is CC(Cl)CCC(=O)Cc1ccc(Cl)cc1.CC(Cl)CN.O=C(Cl)Cc1ccc(Cl)cc1.O=C(O)Cc1ccc(Cl)cc1.O=S(Cl)Cl. The maximum absolute atomic E-state index is 11.5. The minimum absolute atomic E-state index is 0.0527. The van der Waals surface area contributed by atoms with E-state index < -0.39 is 15.2 Å². The number of hydrogen-bond acceptors (Lipinski definition) is 5. The van der Waals surface area contributed by atoms with E-state index in [0.29, 0.717) is 34.5 Å². The number of alkyl halides is 2. The van der Waals surface area contributed by atoms with E-state index in [2.05, 4.69) is 21.4 Å². The molecule has 0 aromatic heterocycles. The minimum atomic E-state index is -1.67. The summed E-state index contributed by atoms with van der Waals surface area (Å²) in [6.07, 6.45) is 2.08. The summed E-state index contributed by atoms with van der Waals surface area (Å²) in [7, 11) is 7.36. The van der Waals surface area contributed by atoms with Crippen molar-refractivity contribution in [3.8, 4) is 0 Å². The van der Waals surface area contributed by atoms with Crippen LogP contribution in [0.15, 0.2) is 72.8 Å². The average molecular weight is 817 g/mol. The lowest BCUT2D eigenvalue weighted by molar-refractivity contribution is -0.136. The topological polar surface area (TPSA) is 115 Å². The largest absolute Gasteiger partial charge is 0.481 e. The van der Waals surface area contributed by atoms with Crippen molar-refractivity contribution >= 4 is 117 Å². The fraction of sp³-hybridized carbons (Fsp3) is 0.323. The van der Waals surface area contributed by atoms with Crippen molar-refractivity contribution in [2.75, 3.05) is 6.54 Å². The fourth-order valence-corrected chi connectivity index (χ4v) is 3.46. The Hall–Kier alpha value is -1.10. The summed E-state index contributed by atoms with van der Waals surface area (Å²) in [5.41, 5.74) is 7.69. The Balaban J connectivity index is 0. The third-order valence-electron chi connectivity index (χ3n) is 4.99. The smallest absolute Gasteiger partial charge is 0.307 e. The zero-order valence-electron chi connectivity index (χ0n) is 24.9. The first-order chi connectivity index (χ1) is 21.4. The number of ketones is 1. The van der Waals surface area contributed by atoms with Crippen molar-refractivity contribution in [2.24, 2.45) is 5.73 Å². The van der Waals surface area contributed by atoms with Crippen LogP contribution in [-0.4, -0.2) is 43.6 Å². The third kappa shape index (κ3) is 32.8. The van der Waals surface area contributed by atoms with Crippen LogP contribution in [-0.2, 0) is 42.9 Å². The van der Waals surface area contributed by atoms with Crippen molar-refractivity contribution in [1.82, 2.24) is 0 Å². The van der Waals surface area contributed by atoms with E-state index in [0.717, 1.165) is 23.1 Å². The average Bonchev–Trinajstić information content (AvgIpc) is 2.96. The van der Waals surface area contributed by atoms with Gasteiger partial charge in [0.1, 0.15) is 5.78 Å². The molecule has 256 valence electrons. The number of aliphatic carboxylic acids is 1. The second kappa shape index (κ2) is 28.9. The summed E-state index contributed by atoms with van der Waals surface area (Å²) in [6, 6.07) is 21.2. The molecule has 0 saturated heterocycles. The molecule has 0 fully saturated rings. The highest BCUT2D eigenvalue weighted by Crippen LogP contribution is 2.13. The highest BCUT2D eigenvalue weighted by molar-refractivity contribution is 8.26. The van der Waals surface area contributed by atoms with Gasteiger partial charge in [-0.3, -0.25) is 14.4 Å². The quantitative estimate of drug-likeness (QED) is 0.156. The summed E-state index contributed by atoms with van der Waals surface area (Å²) in [5.74, 6) is -0.600. The first kappa shape index (κ1) is 47.0. The van der Waals surface area contributed by atoms with E-state index in [9.17, 15) is 14.4 Å². The number of nitrogens with two attached hydrogens (primary N) is 1. The van der Waals surface area contributed by atoms with Crippen LogP contribution in [0.3, 0.4) is 0 Å². The third-order valence-corrected chi connectivity index (χ3v) is 6.27. The molecule has 0 aliphatic carbocycles. The van der Waals surface area contributed by atoms with Crippen LogP contribution in [0.4, 0.5) is 0 Å². The second-order valence-electron chi connectivity index (χ2n) is 9.22. The lowest BCUT2D eigenvalue weighted by atomic mass is 10.1. The predicted molar refractivity (Wildman–Crippen MR) is 198 cm³/mol. The van der Waals surface area contributed by atoms with Crippen molar-refractivity contribution in [3.63, 3.8) is 0 Å².